The van der Waals surface area contributed by atoms with E-state index < -0.39 is 0 Å². The molecule has 1 atom stereocenters. The highest BCUT2D eigenvalue weighted by Gasteiger charge is 2.27. The summed E-state index contributed by atoms with van der Waals surface area (Å²) in [6.45, 7) is 1.60. The fourth-order valence-electron chi connectivity index (χ4n) is 3.39. The van der Waals surface area contributed by atoms with Crippen molar-refractivity contribution >= 4 is 18.1 Å². The molecular weight excluding hydrogens is 320 g/mol. The van der Waals surface area contributed by atoms with Crippen LogP contribution in [0.5, 0.6) is 0 Å². The normalized spacial score (nSPS) is 17.9. The monoisotopic (exact) mass is 344 g/mol. The number of carbonyl (C=O) groups excluding carboxylic acids is 1. The first-order chi connectivity index (χ1) is 11.6. The van der Waals surface area contributed by atoms with Gasteiger partial charge in [0, 0.05) is 32.5 Å². The second-order valence-corrected chi connectivity index (χ2v) is 6.85. The molecule has 1 N–H and O–H groups in total. The zero-order valence-electron chi connectivity index (χ0n) is 14.1. The van der Waals surface area contributed by atoms with Crippen LogP contribution in [-0.4, -0.2) is 38.7 Å². The first-order valence-electron chi connectivity index (χ1n) is 8.58. The van der Waals surface area contributed by atoms with Crippen LogP contribution in [0.2, 0.25) is 0 Å². The summed E-state index contributed by atoms with van der Waals surface area (Å²) in [5, 5.41) is 7.19. The fraction of sp³-hybridized carbons (Fsp3) is 0.500. The highest BCUT2D eigenvalue weighted by atomic mass is 32.1. The molecule has 0 radical (unpaired) electrons. The number of carbonyl (C=O) groups is 1. The van der Waals surface area contributed by atoms with Gasteiger partial charge in [-0.05, 0) is 43.5 Å². The van der Waals surface area contributed by atoms with E-state index in [1.807, 2.05) is 34.7 Å². The van der Waals surface area contributed by atoms with Gasteiger partial charge in [-0.15, -0.1) is 0 Å². The second kappa shape index (κ2) is 7.75. The standard InChI is InChI=1S/C18H24N4OS/c1-21-17(19-20-18(21)24)15-10-6-12-22(13-15)16(23)11-5-9-14-7-3-2-4-8-14/h2-4,7-8,15H,5-6,9-13H2,1H3,(H,20,24)/t15-/m1/s1. The highest BCUT2D eigenvalue weighted by Crippen LogP contribution is 2.25. The van der Waals surface area contributed by atoms with Crippen LogP contribution in [0.3, 0.4) is 0 Å². The summed E-state index contributed by atoms with van der Waals surface area (Å²) in [5.74, 6) is 1.49. The van der Waals surface area contributed by atoms with Gasteiger partial charge in [-0.2, -0.15) is 5.10 Å². The molecule has 6 heteroatoms. The van der Waals surface area contributed by atoms with Crippen LogP contribution in [0, 0.1) is 4.77 Å². The lowest BCUT2D eigenvalue weighted by molar-refractivity contribution is -0.132. The van der Waals surface area contributed by atoms with Gasteiger partial charge in [0.25, 0.3) is 0 Å². The van der Waals surface area contributed by atoms with E-state index in [1.165, 1.54) is 5.56 Å². The maximum Gasteiger partial charge on any atom is 0.222 e. The molecule has 0 saturated carbocycles. The number of likely N-dealkylation sites (tertiary alicyclic amines) is 1. The van der Waals surface area contributed by atoms with Crippen molar-refractivity contribution in [2.24, 2.45) is 7.05 Å². The number of nitrogens with zero attached hydrogens (tertiary/aromatic N) is 3. The number of aryl methyl sites for hydroxylation is 1. The number of amides is 1. The average molecular weight is 344 g/mol. The largest absolute Gasteiger partial charge is 0.342 e. The van der Waals surface area contributed by atoms with Crippen LogP contribution < -0.4 is 0 Å². The number of H-pyrrole nitrogens is 1. The van der Waals surface area contributed by atoms with E-state index in [2.05, 4.69) is 22.3 Å². The Kier molecular flexibility index (Phi) is 5.45. The Hall–Kier alpha value is -1.95. The van der Waals surface area contributed by atoms with Gasteiger partial charge < -0.3 is 9.47 Å². The molecule has 0 unspecified atom stereocenters. The number of benzene rings is 1. The van der Waals surface area contributed by atoms with Crippen LogP contribution in [0.25, 0.3) is 0 Å². The van der Waals surface area contributed by atoms with Gasteiger partial charge >= 0.3 is 0 Å². The summed E-state index contributed by atoms with van der Waals surface area (Å²) in [6, 6.07) is 10.3. The van der Waals surface area contributed by atoms with Gasteiger partial charge in [-0.25, -0.2) is 0 Å². The fourth-order valence-corrected chi connectivity index (χ4v) is 3.52. The van der Waals surface area contributed by atoms with Crippen molar-refractivity contribution in [1.29, 1.82) is 0 Å². The van der Waals surface area contributed by atoms with Crippen LogP contribution >= 0.6 is 12.2 Å². The average Bonchev–Trinajstić information content (AvgIpc) is 2.95. The maximum absolute atomic E-state index is 12.5. The molecule has 0 bridgehead atoms. The van der Waals surface area contributed by atoms with Crippen molar-refractivity contribution in [3.05, 3.63) is 46.5 Å². The number of aromatic amines is 1. The first-order valence-corrected chi connectivity index (χ1v) is 8.99. The van der Waals surface area contributed by atoms with Crippen molar-refractivity contribution in [3.8, 4) is 0 Å². The minimum absolute atomic E-state index is 0.257. The molecule has 1 amide bonds. The zero-order valence-corrected chi connectivity index (χ0v) is 14.9. The molecule has 1 aromatic heterocycles. The quantitative estimate of drug-likeness (QED) is 0.848. The molecule has 0 aliphatic carbocycles. The van der Waals surface area contributed by atoms with Gasteiger partial charge in [0.2, 0.25) is 5.91 Å². The lowest BCUT2D eigenvalue weighted by Crippen LogP contribution is -2.39. The molecule has 24 heavy (non-hydrogen) atoms. The van der Waals surface area contributed by atoms with Crippen LogP contribution in [0.4, 0.5) is 0 Å². The molecule has 0 spiro atoms. The van der Waals surface area contributed by atoms with E-state index in [0.717, 1.165) is 44.6 Å². The van der Waals surface area contributed by atoms with Crippen molar-refractivity contribution in [3.63, 3.8) is 0 Å². The Bertz CT molecular complexity index is 737. The molecule has 1 aliphatic rings. The maximum atomic E-state index is 12.5. The van der Waals surface area contributed by atoms with Crippen molar-refractivity contribution in [1.82, 2.24) is 19.7 Å². The molecule has 3 rings (SSSR count). The molecule has 1 aliphatic heterocycles. The number of piperidine rings is 1. The highest BCUT2D eigenvalue weighted by molar-refractivity contribution is 7.71. The molecule has 2 heterocycles. The molecule has 5 nitrogen and oxygen atoms in total. The van der Waals surface area contributed by atoms with Gasteiger partial charge in [0.1, 0.15) is 5.82 Å². The third-order valence-electron chi connectivity index (χ3n) is 4.75. The van der Waals surface area contributed by atoms with Gasteiger partial charge in [0.15, 0.2) is 4.77 Å². The number of nitrogens with one attached hydrogen (secondary N) is 1. The third-order valence-corrected chi connectivity index (χ3v) is 5.12. The Morgan fingerprint density at radius 1 is 1.38 bits per heavy atom. The summed E-state index contributed by atoms with van der Waals surface area (Å²) >= 11 is 5.19. The molecule has 1 saturated heterocycles. The van der Waals surface area contributed by atoms with Gasteiger partial charge in [-0.1, -0.05) is 30.3 Å². The minimum atomic E-state index is 0.257. The predicted octanol–water partition coefficient (Wildman–Crippen LogP) is 3.21. The van der Waals surface area contributed by atoms with Crippen LogP contribution in [-0.2, 0) is 18.3 Å². The smallest absolute Gasteiger partial charge is 0.222 e. The lowest BCUT2D eigenvalue weighted by Gasteiger charge is -2.32. The summed E-state index contributed by atoms with van der Waals surface area (Å²) in [4.78, 5) is 14.5. The second-order valence-electron chi connectivity index (χ2n) is 6.46. The Balaban J connectivity index is 1.53. The van der Waals surface area contributed by atoms with E-state index in [9.17, 15) is 4.79 Å². The van der Waals surface area contributed by atoms with Gasteiger partial charge in [-0.3, -0.25) is 9.89 Å². The lowest BCUT2D eigenvalue weighted by atomic mass is 9.96. The summed E-state index contributed by atoms with van der Waals surface area (Å²) in [7, 11) is 1.93. The van der Waals surface area contributed by atoms with Crippen LogP contribution in [0.1, 0.15) is 43.0 Å². The van der Waals surface area contributed by atoms with E-state index in [-0.39, 0.29) is 11.8 Å². The van der Waals surface area contributed by atoms with E-state index >= 15 is 0 Å². The van der Waals surface area contributed by atoms with Crippen molar-refractivity contribution in [2.75, 3.05) is 13.1 Å². The molecule has 1 aromatic carbocycles. The molecule has 2 aromatic rings. The molecular formula is C18H24N4OS. The van der Waals surface area contributed by atoms with E-state index in [4.69, 9.17) is 12.2 Å². The predicted molar refractivity (Wildman–Crippen MR) is 96.3 cm³/mol. The number of aromatic nitrogens is 3. The Morgan fingerprint density at radius 2 is 2.17 bits per heavy atom. The number of hydrogen-bond acceptors (Lipinski definition) is 3. The summed E-state index contributed by atoms with van der Waals surface area (Å²) in [6.07, 6.45) is 4.55. The van der Waals surface area contributed by atoms with Crippen molar-refractivity contribution in [2.45, 2.75) is 38.0 Å². The van der Waals surface area contributed by atoms with Crippen LogP contribution in [0.15, 0.2) is 30.3 Å². The Morgan fingerprint density at radius 3 is 2.88 bits per heavy atom. The summed E-state index contributed by atoms with van der Waals surface area (Å²) in [5.41, 5.74) is 1.29. The minimum Gasteiger partial charge on any atom is -0.342 e. The zero-order chi connectivity index (χ0) is 16.9. The van der Waals surface area contributed by atoms with Gasteiger partial charge in [0.05, 0.1) is 0 Å². The Labute approximate surface area is 147 Å². The SMILES string of the molecule is Cn1c([C@@H]2CCCN(C(=O)CCCc3ccccc3)C2)n[nH]c1=S. The topological polar surface area (TPSA) is 53.9 Å². The number of rotatable bonds is 5. The van der Waals surface area contributed by atoms with Crippen molar-refractivity contribution < 1.29 is 4.79 Å². The molecule has 1 fully saturated rings. The summed E-state index contributed by atoms with van der Waals surface area (Å²) < 4.78 is 2.56. The van der Waals surface area contributed by atoms with E-state index in [1.54, 1.807) is 0 Å². The van der Waals surface area contributed by atoms with E-state index in [0.29, 0.717) is 11.2 Å². The molecule has 128 valence electrons. The third kappa shape index (κ3) is 3.93. The first kappa shape index (κ1) is 16.9. The number of hydrogen-bond donors (Lipinski definition) is 1.